The number of carbonyl (C=O) groups excluding carboxylic acids is 1. The van der Waals surface area contributed by atoms with Crippen molar-refractivity contribution in [3.05, 3.63) is 56.9 Å². The van der Waals surface area contributed by atoms with Crippen LogP contribution in [0.5, 0.6) is 0 Å². The van der Waals surface area contributed by atoms with Crippen LogP contribution in [0.25, 0.3) is 21.5 Å². The fraction of sp³-hybridized carbons (Fsp3) is 0.320. The third-order valence-electron chi connectivity index (χ3n) is 6.39. The fourth-order valence-electron chi connectivity index (χ4n) is 4.38. The summed E-state index contributed by atoms with van der Waals surface area (Å²) >= 11 is 8.98. The second-order valence-electron chi connectivity index (χ2n) is 9.57. The van der Waals surface area contributed by atoms with Gasteiger partial charge >= 0.3 is 0 Å². The van der Waals surface area contributed by atoms with Gasteiger partial charge in [-0.3, -0.25) is 10.1 Å². The van der Waals surface area contributed by atoms with Gasteiger partial charge in [-0.1, -0.05) is 50.6 Å². The molecule has 0 radical (unpaired) electrons. The van der Waals surface area contributed by atoms with E-state index in [-0.39, 0.29) is 11.3 Å². The third-order valence-corrected chi connectivity index (χ3v) is 8.59. The van der Waals surface area contributed by atoms with Crippen molar-refractivity contribution in [2.45, 2.75) is 40.0 Å². The number of thiazole rings is 1. The molecule has 3 heterocycles. The minimum Gasteiger partial charge on any atom is -0.397 e. The number of rotatable bonds is 3. The third kappa shape index (κ3) is 4.25. The molecule has 0 aliphatic heterocycles. The highest BCUT2D eigenvalue weighted by atomic mass is 35.5. The second-order valence-corrected chi connectivity index (χ2v) is 11.8. The molecule has 5 rings (SSSR count). The first kappa shape index (κ1) is 22.3. The van der Waals surface area contributed by atoms with E-state index < -0.39 is 0 Å². The molecule has 4 aromatic rings. The van der Waals surface area contributed by atoms with Crippen LogP contribution in [0.3, 0.4) is 0 Å². The van der Waals surface area contributed by atoms with Crippen molar-refractivity contribution >= 4 is 61.2 Å². The number of nitrogens with two attached hydrogens (primary N) is 1. The van der Waals surface area contributed by atoms with Crippen LogP contribution in [0, 0.1) is 11.3 Å². The van der Waals surface area contributed by atoms with Gasteiger partial charge in [0.2, 0.25) is 0 Å². The number of fused-ring (bicyclic) bond motifs is 2. The Morgan fingerprint density at radius 2 is 2.03 bits per heavy atom. The van der Waals surface area contributed by atoms with E-state index >= 15 is 0 Å². The molecular formula is C25H25ClN4OS2. The number of hydrogen-bond donors (Lipinski definition) is 2. The number of nitrogen functional groups attached to an aromatic ring is 1. The zero-order valence-electron chi connectivity index (χ0n) is 18.7. The van der Waals surface area contributed by atoms with Gasteiger partial charge in [-0.05, 0) is 48.3 Å². The van der Waals surface area contributed by atoms with Crippen LogP contribution in [-0.2, 0) is 12.8 Å². The summed E-state index contributed by atoms with van der Waals surface area (Å²) in [5, 5.41) is 6.78. The molecular weight excluding hydrogens is 472 g/mol. The van der Waals surface area contributed by atoms with E-state index in [1.807, 2.05) is 29.6 Å². The van der Waals surface area contributed by atoms with Crippen LogP contribution in [0.2, 0.25) is 5.02 Å². The lowest BCUT2D eigenvalue weighted by molar-refractivity contribution is 0.103. The molecule has 8 heteroatoms. The van der Waals surface area contributed by atoms with Crippen molar-refractivity contribution < 1.29 is 4.79 Å². The van der Waals surface area contributed by atoms with Crippen LogP contribution in [0.4, 0.5) is 10.8 Å². The maximum absolute atomic E-state index is 13.1. The van der Waals surface area contributed by atoms with Gasteiger partial charge in [0.1, 0.15) is 9.71 Å². The number of aromatic nitrogens is 2. The summed E-state index contributed by atoms with van der Waals surface area (Å²) in [4.78, 5) is 23.8. The molecule has 3 aromatic heterocycles. The van der Waals surface area contributed by atoms with Gasteiger partial charge in [-0.15, -0.1) is 22.7 Å². The quantitative estimate of drug-likeness (QED) is 0.318. The lowest BCUT2D eigenvalue weighted by Gasteiger charge is -2.34. The highest BCUT2D eigenvalue weighted by Gasteiger charge is 2.30. The average Bonchev–Trinajstić information content (AvgIpc) is 3.36. The Hall–Kier alpha value is -2.48. The summed E-state index contributed by atoms with van der Waals surface area (Å²) in [7, 11) is 0. The molecule has 1 atom stereocenters. The molecule has 1 amide bonds. The van der Waals surface area contributed by atoms with Gasteiger partial charge in [-0.25, -0.2) is 9.97 Å². The number of nitrogens with zero attached hydrogens (tertiary/aromatic N) is 2. The standard InChI is InChI=1S/C25H25ClN4OS2/c1-25(2,3)14-8-9-18-13(10-14)11-16-20(27)21(33-23(16)28-18)22(31)30-24-29-19(12-32-24)15-6-4-5-7-17(15)26/h4-7,11-12,14H,8-10,27H2,1-3H3,(H,29,30,31). The van der Waals surface area contributed by atoms with Crippen LogP contribution >= 0.6 is 34.3 Å². The predicted octanol–water partition coefficient (Wildman–Crippen LogP) is 7.06. The van der Waals surface area contributed by atoms with E-state index in [0.29, 0.717) is 26.6 Å². The van der Waals surface area contributed by atoms with Crippen LogP contribution in [-0.4, -0.2) is 15.9 Å². The van der Waals surface area contributed by atoms with E-state index in [4.69, 9.17) is 22.3 Å². The summed E-state index contributed by atoms with van der Waals surface area (Å²) in [5.41, 5.74) is 11.1. The van der Waals surface area contributed by atoms with Crippen molar-refractivity contribution in [1.82, 2.24) is 9.97 Å². The fourth-order valence-corrected chi connectivity index (χ4v) is 6.31. The zero-order valence-corrected chi connectivity index (χ0v) is 21.1. The van der Waals surface area contributed by atoms with Crippen molar-refractivity contribution in [3.8, 4) is 11.3 Å². The summed E-state index contributed by atoms with van der Waals surface area (Å²) < 4.78 is 0. The lowest BCUT2D eigenvalue weighted by atomic mass is 9.71. The normalized spacial score (nSPS) is 16.1. The number of benzene rings is 1. The van der Waals surface area contributed by atoms with Gasteiger partial charge in [0, 0.05) is 27.0 Å². The van der Waals surface area contributed by atoms with Gasteiger partial charge < -0.3 is 5.73 Å². The Bertz CT molecular complexity index is 1370. The summed E-state index contributed by atoms with van der Waals surface area (Å²) in [6.07, 6.45) is 3.11. The molecule has 33 heavy (non-hydrogen) atoms. The number of amides is 1. The number of pyridine rings is 1. The van der Waals surface area contributed by atoms with Crippen LogP contribution in [0.15, 0.2) is 35.7 Å². The molecule has 3 N–H and O–H groups in total. The SMILES string of the molecule is CC(C)(C)C1CCc2nc3sc(C(=O)Nc4nc(-c5ccccc5Cl)cs4)c(N)c3cc2C1. The molecule has 1 aromatic carbocycles. The number of nitrogens with one attached hydrogen (secondary N) is 1. The smallest absolute Gasteiger partial charge is 0.269 e. The van der Waals surface area contributed by atoms with Gasteiger partial charge in [0.15, 0.2) is 5.13 Å². The van der Waals surface area contributed by atoms with Gasteiger partial charge in [0.05, 0.1) is 11.4 Å². The summed E-state index contributed by atoms with van der Waals surface area (Å²) in [6, 6.07) is 9.66. The Morgan fingerprint density at radius 1 is 1.24 bits per heavy atom. The number of aryl methyl sites for hydroxylation is 1. The van der Waals surface area contributed by atoms with E-state index in [2.05, 4.69) is 37.1 Å². The van der Waals surface area contributed by atoms with Gasteiger partial charge in [-0.2, -0.15) is 0 Å². The maximum atomic E-state index is 13.1. The second kappa shape index (κ2) is 8.38. The van der Waals surface area contributed by atoms with Crippen molar-refractivity contribution in [3.63, 3.8) is 0 Å². The highest BCUT2D eigenvalue weighted by Crippen LogP contribution is 2.40. The molecule has 170 valence electrons. The Balaban J connectivity index is 1.41. The number of thiophene rings is 1. The lowest BCUT2D eigenvalue weighted by Crippen LogP contribution is -2.27. The first-order chi connectivity index (χ1) is 15.7. The minimum absolute atomic E-state index is 0.258. The first-order valence-corrected chi connectivity index (χ1v) is 13.0. The number of anilines is 2. The van der Waals surface area contributed by atoms with E-state index in [9.17, 15) is 4.79 Å². The molecule has 1 unspecified atom stereocenters. The molecule has 0 fully saturated rings. The van der Waals surface area contributed by atoms with Crippen LogP contribution < -0.4 is 11.1 Å². The monoisotopic (exact) mass is 496 g/mol. The predicted molar refractivity (Wildman–Crippen MR) is 140 cm³/mol. The van der Waals surface area contributed by atoms with E-state index in [1.54, 1.807) is 0 Å². The summed E-state index contributed by atoms with van der Waals surface area (Å²) in [5.74, 6) is 0.352. The molecule has 0 bridgehead atoms. The van der Waals surface area contributed by atoms with Crippen molar-refractivity contribution in [1.29, 1.82) is 0 Å². The molecule has 5 nitrogen and oxygen atoms in total. The molecule has 0 saturated heterocycles. The van der Waals surface area contributed by atoms with E-state index in [1.165, 1.54) is 28.2 Å². The first-order valence-electron chi connectivity index (χ1n) is 10.9. The Labute approximate surface area is 206 Å². The number of carbonyl (C=O) groups is 1. The molecule has 0 spiro atoms. The van der Waals surface area contributed by atoms with E-state index in [0.717, 1.165) is 46.4 Å². The number of hydrogen-bond acceptors (Lipinski definition) is 6. The van der Waals surface area contributed by atoms with Gasteiger partial charge in [0.25, 0.3) is 5.91 Å². The largest absolute Gasteiger partial charge is 0.397 e. The number of halogens is 1. The van der Waals surface area contributed by atoms with Crippen LogP contribution in [0.1, 0.15) is 48.1 Å². The van der Waals surface area contributed by atoms with Crippen molar-refractivity contribution in [2.24, 2.45) is 11.3 Å². The molecule has 1 aliphatic rings. The van der Waals surface area contributed by atoms with Crippen molar-refractivity contribution in [2.75, 3.05) is 11.1 Å². The molecule has 0 saturated carbocycles. The topological polar surface area (TPSA) is 80.9 Å². The Kier molecular flexibility index (Phi) is 5.67. The Morgan fingerprint density at radius 3 is 2.79 bits per heavy atom. The summed E-state index contributed by atoms with van der Waals surface area (Å²) in [6.45, 7) is 6.89. The average molecular weight is 497 g/mol. The highest BCUT2D eigenvalue weighted by molar-refractivity contribution is 7.21. The molecule has 1 aliphatic carbocycles. The zero-order chi connectivity index (χ0) is 23.3. The minimum atomic E-state index is -0.263. The maximum Gasteiger partial charge on any atom is 0.269 e.